The Morgan fingerprint density at radius 2 is 2.20 bits per heavy atom. The maximum absolute atomic E-state index is 12.6. The summed E-state index contributed by atoms with van der Waals surface area (Å²) in [4.78, 5) is 19.5. The van der Waals surface area contributed by atoms with Crippen molar-refractivity contribution in [3.8, 4) is 10.4 Å². The van der Waals surface area contributed by atoms with Crippen molar-refractivity contribution in [1.29, 1.82) is 0 Å². The van der Waals surface area contributed by atoms with Crippen LogP contribution in [0.1, 0.15) is 16.9 Å². The Morgan fingerprint density at radius 3 is 2.90 bits per heavy atom. The fraction of sp³-hybridized carbons (Fsp3) is 0.333. The van der Waals surface area contributed by atoms with Crippen LogP contribution in [0.4, 0.5) is 0 Å². The monoisotopic (exact) mass is 288 g/mol. The maximum atomic E-state index is 12.6. The van der Waals surface area contributed by atoms with E-state index in [9.17, 15) is 9.90 Å². The van der Waals surface area contributed by atoms with Crippen molar-refractivity contribution in [2.45, 2.75) is 6.42 Å². The molecule has 1 aromatic heterocycles. The molecule has 1 unspecified atom stereocenters. The molecule has 3 rings (SSSR count). The third-order valence-electron chi connectivity index (χ3n) is 3.64. The van der Waals surface area contributed by atoms with Gasteiger partial charge in [0.05, 0.1) is 10.4 Å². The minimum atomic E-state index is -0.0268. The lowest BCUT2D eigenvalue weighted by Gasteiger charge is -2.15. The van der Waals surface area contributed by atoms with Crippen molar-refractivity contribution in [3.05, 3.63) is 41.5 Å². The lowest BCUT2D eigenvalue weighted by atomic mass is 10.1. The van der Waals surface area contributed by atoms with Gasteiger partial charge in [-0.05, 0) is 12.0 Å². The third kappa shape index (κ3) is 2.46. The average molecular weight is 288 g/mol. The topological polar surface area (TPSA) is 53.4 Å². The first-order valence-electron chi connectivity index (χ1n) is 6.68. The predicted molar refractivity (Wildman–Crippen MR) is 78.6 cm³/mol. The molecule has 1 amide bonds. The van der Waals surface area contributed by atoms with Crippen LogP contribution in [0.5, 0.6) is 0 Å². The molecule has 2 heterocycles. The zero-order chi connectivity index (χ0) is 13.9. The molecule has 2 aromatic rings. The number of carbonyl (C=O) groups excluding carboxylic acids is 1. The summed E-state index contributed by atoms with van der Waals surface area (Å²) >= 11 is 1.49. The van der Waals surface area contributed by atoms with Gasteiger partial charge in [-0.3, -0.25) is 4.79 Å². The molecule has 1 saturated heterocycles. The quantitative estimate of drug-likeness (QED) is 0.942. The Balaban J connectivity index is 1.85. The van der Waals surface area contributed by atoms with Crippen LogP contribution in [0, 0.1) is 5.92 Å². The number of likely N-dealkylation sites (tertiary alicyclic amines) is 1. The van der Waals surface area contributed by atoms with Gasteiger partial charge in [0.25, 0.3) is 5.91 Å². The van der Waals surface area contributed by atoms with E-state index < -0.39 is 0 Å². The first kappa shape index (κ1) is 13.3. The van der Waals surface area contributed by atoms with Crippen LogP contribution in [0.2, 0.25) is 0 Å². The van der Waals surface area contributed by atoms with Crippen LogP contribution < -0.4 is 0 Å². The molecule has 0 radical (unpaired) electrons. The van der Waals surface area contributed by atoms with Crippen molar-refractivity contribution in [3.63, 3.8) is 0 Å². The van der Waals surface area contributed by atoms with Gasteiger partial charge in [0.2, 0.25) is 0 Å². The molecule has 0 saturated carbocycles. The second-order valence-electron chi connectivity index (χ2n) is 4.98. The van der Waals surface area contributed by atoms with E-state index >= 15 is 0 Å². The number of amides is 1. The van der Waals surface area contributed by atoms with Crippen molar-refractivity contribution in [2.24, 2.45) is 5.92 Å². The molecule has 4 nitrogen and oxygen atoms in total. The van der Waals surface area contributed by atoms with E-state index in [0.29, 0.717) is 18.8 Å². The molecule has 0 spiro atoms. The lowest BCUT2D eigenvalue weighted by molar-refractivity contribution is 0.0777. The molecule has 1 N–H and O–H groups in total. The Labute approximate surface area is 121 Å². The van der Waals surface area contributed by atoms with E-state index in [1.165, 1.54) is 11.3 Å². The fourth-order valence-electron chi connectivity index (χ4n) is 2.51. The van der Waals surface area contributed by atoms with E-state index in [2.05, 4.69) is 4.98 Å². The maximum Gasteiger partial charge on any atom is 0.273 e. The number of carbonyl (C=O) groups is 1. The second-order valence-corrected chi connectivity index (χ2v) is 5.84. The summed E-state index contributed by atoms with van der Waals surface area (Å²) in [5.74, 6) is 0.179. The molecular formula is C15H16N2O2S. The Hall–Kier alpha value is -1.72. The minimum absolute atomic E-state index is 0.0268. The Bertz CT molecular complexity index is 597. The first-order valence-corrected chi connectivity index (χ1v) is 7.56. The van der Waals surface area contributed by atoms with Crippen molar-refractivity contribution >= 4 is 17.2 Å². The molecule has 1 fully saturated rings. The number of hydrogen-bond donors (Lipinski definition) is 1. The van der Waals surface area contributed by atoms with Gasteiger partial charge in [0.1, 0.15) is 5.69 Å². The standard InChI is InChI=1S/C15H16N2O2S/c18-9-11-6-7-17(8-11)15(19)13-14(20-10-16-13)12-4-2-1-3-5-12/h1-5,10-11,18H,6-9H2. The molecule has 0 aliphatic carbocycles. The van der Waals surface area contributed by atoms with Gasteiger partial charge in [-0.1, -0.05) is 30.3 Å². The summed E-state index contributed by atoms with van der Waals surface area (Å²) in [6.07, 6.45) is 0.868. The Kier molecular flexibility index (Phi) is 3.80. The highest BCUT2D eigenvalue weighted by Gasteiger charge is 2.29. The summed E-state index contributed by atoms with van der Waals surface area (Å²) in [6.45, 7) is 1.48. The van der Waals surface area contributed by atoms with Crippen LogP contribution >= 0.6 is 11.3 Å². The molecule has 1 aromatic carbocycles. The molecule has 20 heavy (non-hydrogen) atoms. The Morgan fingerprint density at radius 1 is 1.40 bits per heavy atom. The second kappa shape index (κ2) is 5.73. The molecule has 5 heteroatoms. The van der Waals surface area contributed by atoms with Gasteiger partial charge < -0.3 is 10.0 Å². The van der Waals surface area contributed by atoms with Gasteiger partial charge in [-0.25, -0.2) is 4.98 Å². The first-order chi connectivity index (χ1) is 9.79. The number of aliphatic hydroxyl groups is 1. The summed E-state index contributed by atoms with van der Waals surface area (Å²) in [7, 11) is 0. The zero-order valence-electron chi connectivity index (χ0n) is 11.0. The van der Waals surface area contributed by atoms with E-state index in [-0.39, 0.29) is 18.4 Å². The SMILES string of the molecule is O=C(c1ncsc1-c1ccccc1)N1CCC(CO)C1. The number of thiazole rings is 1. The van der Waals surface area contributed by atoms with Gasteiger partial charge in [0, 0.05) is 25.6 Å². The zero-order valence-corrected chi connectivity index (χ0v) is 11.8. The molecule has 1 aliphatic rings. The van der Waals surface area contributed by atoms with Crippen LogP contribution in [0.25, 0.3) is 10.4 Å². The van der Waals surface area contributed by atoms with Crippen LogP contribution in [-0.4, -0.2) is 40.6 Å². The minimum Gasteiger partial charge on any atom is -0.396 e. The van der Waals surface area contributed by atoms with E-state index in [4.69, 9.17) is 0 Å². The summed E-state index contributed by atoms with van der Waals surface area (Å²) in [5, 5.41) is 9.18. The molecule has 104 valence electrons. The van der Waals surface area contributed by atoms with Crippen LogP contribution in [0.15, 0.2) is 35.8 Å². The van der Waals surface area contributed by atoms with Gasteiger partial charge in [0.15, 0.2) is 0 Å². The summed E-state index contributed by atoms with van der Waals surface area (Å²) in [5.41, 5.74) is 3.27. The third-order valence-corrected chi connectivity index (χ3v) is 4.51. The number of aliphatic hydroxyl groups excluding tert-OH is 1. The number of aromatic nitrogens is 1. The highest BCUT2D eigenvalue weighted by Crippen LogP contribution is 2.29. The predicted octanol–water partition coefficient (Wildman–Crippen LogP) is 2.26. The largest absolute Gasteiger partial charge is 0.396 e. The van der Waals surface area contributed by atoms with Gasteiger partial charge in [-0.2, -0.15) is 0 Å². The van der Waals surface area contributed by atoms with Crippen molar-refractivity contribution in [2.75, 3.05) is 19.7 Å². The molecule has 0 bridgehead atoms. The fourth-order valence-corrected chi connectivity index (χ4v) is 3.30. The smallest absolute Gasteiger partial charge is 0.273 e. The average Bonchev–Trinajstić information content (AvgIpc) is 3.16. The normalized spacial score (nSPS) is 18.4. The molecule has 1 atom stereocenters. The van der Waals surface area contributed by atoms with E-state index in [1.807, 2.05) is 30.3 Å². The van der Waals surface area contributed by atoms with E-state index in [0.717, 1.165) is 16.9 Å². The molecular weight excluding hydrogens is 272 g/mol. The van der Waals surface area contributed by atoms with Crippen molar-refractivity contribution < 1.29 is 9.90 Å². The van der Waals surface area contributed by atoms with Gasteiger partial charge in [-0.15, -0.1) is 11.3 Å². The number of rotatable bonds is 3. The van der Waals surface area contributed by atoms with Crippen LogP contribution in [-0.2, 0) is 0 Å². The number of nitrogens with zero attached hydrogens (tertiary/aromatic N) is 2. The summed E-state index contributed by atoms with van der Waals surface area (Å²) in [6, 6.07) is 9.86. The van der Waals surface area contributed by atoms with Crippen LogP contribution in [0.3, 0.4) is 0 Å². The van der Waals surface area contributed by atoms with E-state index in [1.54, 1.807) is 10.4 Å². The number of hydrogen-bond acceptors (Lipinski definition) is 4. The van der Waals surface area contributed by atoms with Gasteiger partial charge >= 0.3 is 0 Å². The van der Waals surface area contributed by atoms with Crippen molar-refractivity contribution in [1.82, 2.24) is 9.88 Å². The molecule has 1 aliphatic heterocycles. The highest BCUT2D eigenvalue weighted by molar-refractivity contribution is 7.13. The number of benzene rings is 1. The lowest BCUT2D eigenvalue weighted by Crippen LogP contribution is -2.29. The summed E-state index contributed by atoms with van der Waals surface area (Å²) < 4.78 is 0. The highest BCUT2D eigenvalue weighted by atomic mass is 32.1.